The third-order valence-corrected chi connectivity index (χ3v) is 4.68. The summed E-state index contributed by atoms with van der Waals surface area (Å²) < 4.78 is 19.6. The number of methoxy groups -OCH3 is 2. The normalized spacial score (nSPS) is 10.2. The molecule has 28 heavy (non-hydrogen) atoms. The molecule has 3 rings (SSSR count). The lowest BCUT2D eigenvalue weighted by Crippen LogP contribution is -1.99. The second kappa shape index (κ2) is 9.05. The SMILES string of the molecule is COc1cc(C(=O)O)ccc1NSc1ccc(Oc2ccccc2OC)cc1. The van der Waals surface area contributed by atoms with Crippen LogP contribution in [-0.2, 0) is 0 Å². The Kier molecular flexibility index (Phi) is 6.29. The summed E-state index contributed by atoms with van der Waals surface area (Å²) in [5, 5.41) is 9.07. The first-order valence-electron chi connectivity index (χ1n) is 8.36. The van der Waals surface area contributed by atoms with Crippen molar-refractivity contribution >= 4 is 23.6 Å². The van der Waals surface area contributed by atoms with Crippen LogP contribution in [0.1, 0.15) is 10.4 Å². The molecule has 0 saturated carbocycles. The number of carboxylic acids is 1. The summed E-state index contributed by atoms with van der Waals surface area (Å²) in [4.78, 5) is 12.0. The number of anilines is 1. The highest BCUT2D eigenvalue weighted by atomic mass is 32.2. The average Bonchev–Trinajstić information content (AvgIpc) is 2.73. The van der Waals surface area contributed by atoms with E-state index >= 15 is 0 Å². The van der Waals surface area contributed by atoms with Gasteiger partial charge in [0.2, 0.25) is 0 Å². The molecule has 3 aromatic carbocycles. The van der Waals surface area contributed by atoms with Crippen LogP contribution in [0.4, 0.5) is 5.69 Å². The second-order valence-corrected chi connectivity index (χ2v) is 6.53. The van der Waals surface area contributed by atoms with Crippen LogP contribution >= 0.6 is 11.9 Å². The Hall–Kier alpha value is -3.32. The minimum atomic E-state index is -0.997. The molecule has 0 radical (unpaired) electrons. The molecule has 0 saturated heterocycles. The van der Waals surface area contributed by atoms with Crippen molar-refractivity contribution in [3.8, 4) is 23.0 Å². The molecule has 3 aromatic rings. The number of carbonyl (C=O) groups is 1. The molecular weight excluding hydrogens is 378 g/mol. The summed E-state index contributed by atoms with van der Waals surface area (Å²) in [5.74, 6) is 1.47. The first-order chi connectivity index (χ1) is 13.6. The zero-order valence-corrected chi connectivity index (χ0v) is 16.2. The fourth-order valence-electron chi connectivity index (χ4n) is 2.43. The summed E-state index contributed by atoms with van der Waals surface area (Å²) in [5.41, 5.74) is 0.858. The maximum Gasteiger partial charge on any atom is 0.335 e. The molecular formula is C21H19NO5S. The maximum absolute atomic E-state index is 11.1. The molecule has 0 aromatic heterocycles. The van der Waals surface area contributed by atoms with E-state index in [1.165, 1.54) is 31.2 Å². The number of aromatic carboxylic acids is 1. The third-order valence-electron chi connectivity index (χ3n) is 3.85. The van der Waals surface area contributed by atoms with E-state index in [-0.39, 0.29) is 5.56 Å². The zero-order chi connectivity index (χ0) is 19.9. The maximum atomic E-state index is 11.1. The lowest BCUT2D eigenvalue weighted by atomic mass is 10.2. The van der Waals surface area contributed by atoms with Gasteiger partial charge in [-0.15, -0.1) is 0 Å². The van der Waals surface area contributed by atoms with Crippen LogP contribution in [0.15, 0.2) is 71.6 Å². The molecule has 144 valence electrons. The van der Waals surface area contributed by atoms with Crippen LogP contribution in [0, 0.1) is 0 Å². The fraction of sp³-hybridized carbons (Fsp3) is 0.0952. The number of rotatable bonds is 8. The monoisotopic (exact) mass is 397 g/mol. The van der Waals surface area contributed by atoms with Gasteiger partial charge in [-0.1, -0.05) is 12.1 Å². The molecule has 2 N–H and O–H groups in total. The van der Waals surface area contributed by atoms with Gasteiger partial charge in [-0.25, -0.2) is 4.79 Å². The van der Waals surface area contributed by atoms with Gasteiger partial charge in [-0.05, 0) is 66.5 Å². The van der Waals surface area contributed by atoms with Crippen LogP contribution in [0.3, 0.4) is 0 Å². The Morgan fingerprint density at radius 3 is 2.21 bits per heavy atom. The molecule has 0 bridgehead atoms. The van der Waals surface area contributed by atoms with Gasteiger partial charge in [0.25, 0.3) is 0 Å². The van der Waals surface area contributed by atoms with Crippen molar-refractivity contribution in [3.05, 3.63) is 72.3 Å². The second-order valence-electron chi connectivity index (χ2n) is 5.65. The highest BCUT2D eigenvalue weighted by Crippen LogP contribution is 2.33. The summed E-state index contributed by atoms with van der Waals surface area (Å²) in [6, 6.07) is 19.7. The molecule has 0 aliphatic carbocycles. The Labute approximate surface area is 167 Å². The van der Waals surface area contributed by atoms with Crippen molar-refractivity contribution < 1.29 is 24.1 Å². The van der Waals surface area contributed by atoms with Crippen LogP contribution in [0.5, 0.6) is 23.0 Å². The highest BCUT2D eigenvalue weighted by molar-refractivity contribution is 8.00. The average molecular weight is 397 g/mol. The minimum absolute atomic E-state index is 0.172. The molecule has 6 nitrogen and oxygen atoms in total. The van der Waals surface area contributed by atoms with Crippen molar-refractivity contribution in [2.45, 2.75) is 4.90 Å². The summed E-state index contributed by atoms with van der Waals surface area (Å²) in [7, 11) is 3.10. The van der Waals surface area contributed by atoms with Gasteiger partial charge >= 0.3 is 5.97 Å². The van der Waals surface area contributed by atoms with Gasteiger partial charge in [0.1, 0.15) is 11.5 Å². The van der Waals surface area contributed by atoms with Crippen molar-refractivity contribution in [2.75, 3.05) is 18.9 Å². The molecule has 0 amide bonds. The molecule has 0 aliphatic rings. The van der Waals surface area contributed by atoms with Gasteiger partial charge in [-0.2, -0.15) is 0 Å². The number of hydrogen-bond donors (Lipinski definition) is 2. The number of para-hydroxylation sites is 2. The van der Waals surface area contributed by atoms with Gasteiger partial charge in [-0.3, -0.25) is 0 Å². The summed E-state index contributed by atoms with van der Waals surface area (Å²) in [6.07, 6.45) is 0. The smallest absolute Gasteiger partial charge is 0.335 e. The predicted molar refractivity (Wildman–Crippen MR) is 109 cm³/mol. The molecule has 0 spiro atoms. The highest BCUT2D eigenvalue weighted by Gasteiger charge is 2.09. The number of nitrogens with one attached hydrogen (secondary N) is 1. The van der Waals surface area contributed by atoms with Gasteiger partial charge in [0.05, 0.1) is 25.5 Å². The standard InChI is InChI=1S/C21H19NO5S/c1-25-18-5-3-4-6-19(18)27-15-8-10-16(11-9-15)28-22-17-12-7-14(21(23)24)13-20(17)26-2/h3-13,22H,1-2H3,(H,23,24). The quantitative estimate of drug-likeness (QED) is 0.499. The van der Waals surface area contributed by atoms with E-state index in [2.05, 4.69) is 4.72 Å². The van der Waals surface area contributed by atoms with E-state index < -0.39 is 5.97 Å². The largest absolute Gasteiger partial charge is 0.495 e. The molecule has 0 unspecified atom stereocenters. The minimum Gasteiger partial charge on any atom is -0.495 e. The Morgan fingerprint density at radius 2 is 1.57 bits per heavy atom. The van der Waals surface area contributed by atoms with E-state index in [1.807, 2.05) is 48.5 Å². The van der Waals surface area contributed by atoms with Crippen molar-refractivity contribution in [3.63, 3.8) is 0 Å². The van der Waals surface area contributed by atoms with Gasteiger partial charge < -0.3 is 24.0 Å². The molecule has 0 fully saturated rings. The number of hydrogen-bond acceptors (Lipinski definition) is 6. The number of ether oxygens (including phenoxy) is 3. The summed E-state index contributed by atoms with van der Waals surface area (Å²) in [6.45, 7) is 0. The van der Waals surface area contributed by atoms with Gasteiger partial charge in [0.15, 0.2) is 11.5 Å². The van der Waals surface area contributed by atoms with Crippen LogP contribution < -0.4 is 18.9 Å². The molecule has 0 heterocycles. The topological polar surface area (TPSA) is 77.0 Å². The fourth-order valence-corrected chi connectivity index (χ4v) is 3.10. The zero-order valence-electron chi connectivity index (χ0n) is 15.3. The third kappa shape index (κ3) is 4.69. The Bertz CT molecular complexity index is 959. The first kappa shape index (κ1) is 19.4. The van der Waals surface area contributed by atoms with Crippen molar-refractivity contribution in [1.29, 1.82) is 0 Å². The van der Waals surface area contributed by atoms with E-state index in [9.17, 15) is 4.79 Å². The van der Waals surface area contributed by atoms with Crippen LogP contribution in [-0.4, -0.2) is 25.3 Å². The van der Waals surface area contributed by atoms with Crippen LogP contribution in [0.25, 0.3) is 0 Å². The molecule has 0 aliphatic heterocycles. The lowest BCUT2D eigenvalue weighted by Gasteiger charge is -2.12. The Balaban J connectivity index is 1.66. The van der Waals surface area contributed by atoms with Crippen molar-refractivity contribution in [1.82, 2.24) is 0 Å². The predicted octanol–water partition coefficient (Wildman–Crippen LogP) is 5.31. The lowest BCUT2D eigenvalue weighted by molar-refractivity contribution is 0.0696. The van der Waals surface area contributed by atoms with E-state index in [4.69, 9.17) is 19.3 Å². The van der Waals surface area contributed by atoms with Crippen molar-refractivity contribution in [2.24, 2.45) is 0 Å². The van der Waals surface area contributed by atoms with Gasteiger partial charge in [0, 0.05) is 4.90 Å². The molecule has 0 atom stereocenters. The van der Waals surface area contributed by atoms with E-state index in [1.54, 1.807) is 13.2 Å². The first-order valence-corrected chi connectivity index (χ1v) is 9.17. The Morgan fingerprint density at radius 1 is 0.893 bits per heavy atom. The van der Waals surface area contributed by atoms with E-state index in [0.29, 0.717) is 28.7 Å². The van der Waals surface area contributed by atoms with Crippen LogP contribution in [0.2, 0.25) is 0 Å². The molecule has 7 heteroatoms. The number of benzene rings is 3. The number of carboxylic acid groups (broad SMARTS) is 1. The van der Waals surface area contributed by atoms with E-state index in [0.717, 1.165) is 4.90 Å². The summed E-state index contributed by atoms with van der Waals surface area (Å²) >= 11 is 1.38.